The van der Waals surface area contributed by atoms with E-state index in [1.54, 1.807) is 25.1 Å². The van der Waals surface area contributed by atoms with Crippen LogP contribution in [0, 0.1) is 18.3 Å². The van der Waals surface area contributed by atoms with Gasteiger partial charge in [-0.2, -0.15) is 5.26 Å². The van der Waals surface area contributed by atoms with Gasteiger partial charge < -0.3 is 10.1 Å². The summed E-state index contributed by atoms with van der Waals surface area (Å²) < 4.78 is 30.7. The second-order valence-electron chi connectivity index (χ2n) is 7.43. The van der Waals surface area contributed by atoms with Crippen LogP contribution in [0.1, 0.15) is 36.0 Å². The van der Waals surface area contributed by atoms with E-state index in [9.17, 15) is 8.42 Å². The first-order valence-electron chi connectivity index (χ1n) is 9.92. The van der Waals surface area contributed by atoms with Crippen molar-refractivity contribution in [1.29, 1.82) is 5.26 Å². The molecule has 0 saturated heterocycles. The zero-order valence-electron chi connectivity index (χ0n) is 16.9. The van der Waals surface area contributed by atoms with Crippen molar-refractivity contribution < 1.29 is 13.2 Å². The number of nitrogens with one attached hydrogen (secondary N) is 1. The number of hydrogen-bond donors (Lipinski definition) is 1. The van der Waals surface area contributed by atoms with Gasteiger partial charge in [0.25, 0.3) is 0 Å². The van der Waals surface area contributed by atoms with Crippen LogP contribution >= 0.6 is 0 Å². The minimum absolute atomic E-state index is 0.0610. The van der Waals surface area contributed by atoms with E-state index in [0.29, 0.717) is 17.9 Å². The Balaban J connectivity index is 1.80. The fourth-order valence-electron chi connectivity index (χ4n) is 3.99. The second kappa shape index (κ2) is 7.96. The highest BCUT2D eigenvalue weighted by atomic mass is 32.2. The van der Waals surface area contributed by atoms with E-state index in [-0.39, 0.29) is 17.7 Å². The van der Waals surface area contributed by atoms with Crippen molar-refractivity contribution in [3.8, 4) is 6.07 Å². The fraction of sp³-hybridized carbons (Fsp3) is 0.304. The Morgan fingerprint density at radius 3 is 2.87 bits per heavy atom. The molecule has 2 aromatic rings. The summed E-state index contributed by atoms with van der Waals surface area (Å²) in [6.45, 7) is 3.97. The van der Waals surface area contributed by atoms with Gasteiger partial charge in [0.2, 0.25) is 0 Å². The molecule has 1 N–H and O–H groups in total. The molecule has 0 amide bonds. The maximum Gasteiger partial charge on any atom is 0.178 e. The predicted octanol–water partition coefficient (Wildman–Crippen LogP) is 3.97. The van der Waals surface area contributed by atoms with E-state index in [2.05, 4.69) is 22.4 Å². The maximum absolute atomic E-state index is 12.4. The van der Waals surface area contributed by atoms with Gasteiger partial charge in [-0.25, -0.2) is 13.4 Å². The minimum atomic E-state index is -3.30. The monoisotopic (exact) mass is 421 g/mol. The van der Waals surface area contributed by atoms with Crippen molar-refractivity contribution >= 4 is 21.2 Å². The number of pyridine rings is 1. The molecule has 6 nitrogen and oxygen atoms in total. The Kier molecular flexibility index (Phi) is 5.35. The van der Waals surface area contributed by atoms with Gasteiger partial charge in [0.15, 0.2) is 9.84 Å². The SMILES string of the molecule is CCS(=O)(=O)c1cccc(C2=CC=C(OCCC#N)C3Nc4ncc(C)cc4C23)c1. The maximum atomic E-state index is 12.4. The quantitative estimate of drug-likeness (QED) is 0.710. The molecular formula is C23H23N3O3S. The van der Waals surface area contributed by atoms with Gasteiger partial charge in [-0.05, 0) is 41.8 Å². The molecule has 0 radical (unpaired) electrons. The van der Waals surface area contributed by atoms with Crippen LogP contribution in [0.15, 0.2) is 59.3 Å². The molecule has 2 aliphatic rings. The summed E-state index contributed by atoms with van der Waals surface area (Å²) in [6, 6.07) is 11.2. The molecular weight excluding hydrogens is 398 g/mol. The molecule has 0 saturated carbocycles. The Labute approximate surface area is 176 Å². The van der Waals surface area contributed by atoms with Crippen molar-refractivity contribution in [1.82, 2.24) is 4.98 Å². The van der Waals surface area contributed by atoms with Crippen LogP contribution in [0.3, 0.4) is 0 Å². The van der Waals surface area contributed by atoms with Crippen molar-refractivity contribution in [2.75, 3.05) is 17.7 Å². The number of sulfone groups is 1. The predicted molar refractivity (Wildman–Crippen MR) is 116 cm³/mol. The number of fused-ring (bicyclic) bond motifs is 3. The number of allylic oxidation sites excluding steroid dienone is 2. The molecule has 0 spiro atoms. The Morgan fingerprint density at radius 2 is 2.10 bits per heavy atom. The molecule has 0 fully saturated rings. The first kappa shape index (κ1) is 20.2. The largest absolute Gasteiger partial charge is 0.495 e. The lowest BCUT2D eigenvalue weighted by Gasteiger charge is -2.29. The number of ether oxygens (including phenoxy) is 1. The molecule has 2 unspecified atom stereocenters. The molecule has 1 aromatic heterocycles. The third kappa shape index (κ3) is 3.59. The van der Waals surface area contributed by atoms with Crippen molar-refractivity contribution in [3.63, 3.8) is 0 Å². The summed E-state index contributed by atoms with van der Waals surface area (Å²) >= 11 is 0. The van der Waals surface area contributed by atoms with Gasteiger partial charge in [-0.1, -0.05) is 31.2 Å². The van der Waals surface area contributed by atoms with E-state index < -0.39 is 9.84 Å². The summed E-state index contributed by atoms with van der Waals surface area (Å²) in [6.07, 6.45) is 6.02. The first-order chi connectivity index (χ1) is 14.4. The van der Waals surface area contributed by atoms with Crippen molar-refractivity contribution in [2.24, 2.45) is 0 Å². The van der Waals surface area contributed by atoms with E-state index in [0.717, 1.165) is 33.8 Å². The Morgan fingerprint density at radius 1 is 1.27 bits per heavy atom. The lowest BCUT2D eigenvalue weighted by atomic mass is 9.80. The van der Waals surface area contributed by atoms with Gasteiger partial charge in [0.05, 0.1) is 29.2 Å². The second-order valence-corrected chi connectivity index (χ2v) is 9.71. The zero-order chi connectivity index (χ0) is 21.3. The molecule has 154 valence electrons. The van der Waals surface area contributed by atoms with E-state index in [1.807, 2.05) is 31.3 Å². The molecule has 4 rings (SSSR count). The number of anilines is 1. The smallest absolute Gasteiger partial charge is 0.178 e. The average molecular weight is 422 g/mol. The minimum Gasteiger partial charge on any atom is -0.495 e. The van der Waals surface area contributed by atoms with Gasteiger partial charge >= 0.3 is 0 Å². The average Bonchev–Trinajstić information content (AvgIpc) is 3.13. The highest BCUT2D eigenvalue weighted by Crippen LogP contribution is 2.48. The summed E-state index contributed by atoms with van der Waals surface area (Å²) in [7, 11) is -3.30. The van der Waals surface area contributed by atoms with Crippen LogP contribution in [0.2, 0.25) is 0 Å². The number of nitrogens with zero attached hydrogens (tertiary/aromatic N) is 2. The van der Waals surface area contributed by atoms with Crippen LogP contribution in [0.5, 0.6) is 0 Å². The lowest BCUT2D eigenvalue weighted by molar-refractivity contribution is 0.201. The standard InChI is InChI=1S/C23H23N3O3S/c1-3-30(27,28)17-7-4-6-16(13-17)18-8-9-20(29-11-5-10-24)22-21(18)19-12-15(2)14-25-23(19)26-22/h4,6-9,12-14,21-22H,3,5,11H2,1-2H3,(H,25,26). The molecule has 1 aliphatic carbocycles. The van der Waals surface area contributed by atoms with Crippen molar-refractivity contribution in [3.05, 3.63) is 71.1 Å². The summed E-state index contributed by atoms with van der Waals surface area (Å²) in [5, 5.41) is 12.3. The summed E-state index contributed by atoms with van der Waals surface area (Å²) in [5.74, 6) is 1.56. The van der Waals surface area contributed by atoms with Gasteiger partial charge in [-0.3, -0.25) is 0 Å². The van der Waals surface area contributed by atoms with Gasteiger partial charge in [0.1, 0.15) is 18.2 Å². The Hall–Kier alpha value is -3.11. The van der Waals surface area contributed by atoms with Crippen LogP contribution < -0.4 is 5.32 Å². The first-order valence-corrected chi connectivity index (χ1v) is 11.6. The number of nitriles is 1. The summed E-state index contributed by atoms with van der Waals surface area (Å²) in [4.78, 5) is 4.87. The molecule has 7 heteroatoms. The van der Waals surface area contributed by atoms with E-state index in [1.165, 1.54) is 0 Å². The van der Waals surface area contributed by atoms with Crippen LogP contribution in [-0.4, -0.2) is 31.8 Å². The van der Waals surface area contributed by atoms with Crippen molar-refractivity contribution in [2.45, 2.75) is 37.1 Å². The van der Waals surface area contributed by atoms with Crippen LogP contribution in [0.25, 0.3) is 5.57 Å². The molecule has 30 heavy (non-hydrogen) atoms. The molecule has 1 aliphatic heterocycles. The number of aryl methyl sites for hydroxylation is 1. The summed E-state index contributed by atoms with van der Waals surface area (Å²) in [5.41, 5.74) is 3.99. The number of rotatable bonds is 6. The van der Waals surface area contributed by atoms with Crippen LogP contribution in [-0.2, 0) is 14.6 Å². The highest BCUT2D eigenvalue weighted by Gasteiger charge is 2.41. The lowest BCUT2D eigenvalue weighted by Crippen LogP contribution is -2.28. The topological polar surface area (TPSA) is 92.1 Å². The third-order valence-electron chi connectivity index (χ3n) is 5.47. The molecule has 1 aromatic carbocycles. The number of hydrogen-bond acceptors (Lipinski definition) is 6. The molecule has 2 atom stereocenters. The zero-order valence-corrected chi connectivity index (χ0v) is 17.7. The van der Waals surface area contributed by atoms with Gasteiger partial charge in [-0.15, -0.1) is 0 Å². The molecule has 0 bridgehead atoms. The van der Waals surface area contributed by atoms with E-state index in [4.69, 9.17) is 10.00 Å². The number of aromatic nitrogens is 1. The third-order valence-corrected chi connectivity index (χ3v) is 7.20. The van der Waals surface area contributed by atoms with E-state index >= 15 is 0 Å². The highest BCUT2D eigenvalue weighted by molar-refractivity contribution is 7.91. The fourth-order valence-corrected chi connectivity index (χ4v) is 4.91. The van der Waals surface area contributed by atoms with Crippen LogP contribution in [0.4, 0.5) is 5.82 Å². The normalized spacial score (nSPS) is 19.6. The Bertz CT molecular complexity index is 1190. The van der Waals surface area contributed by atoms with Gasteiger partial charge in [0, 0.05) is 17.7 Å². The number of benzene rings is 1. The molecule has 2 heterocycles.